The van der Waals surface area contributed by atoms with Crippen molar-refractivity contribution in [3.63, 3.8) is 0 Å². The van der Waals surface area contributed by atoms with Crippen LogP contribution in [0.1, 0.15) is 47.7 Å². The highest BCUT2D eigenvalue weighted by atomic mass is 32.1. The molecule has 1 atom stereocenters. The fraction of sp³-hybridized carbons (Fsp3) is 0.444. The fourth-order valence-electron chi connectivity index (χ4n) is 2.78. The van der Waals surface area contributed by atoms with E-state index in [1.54, 1.807) is 34.4 Å². The molecule has 6 heteroatoms. The van der Waals surface area contributed by atoms with Gasteiger partial charge in [0, 0.05) is 22.7 Å². The molecule has 1 heterocycles. The van der Waals surface area contributed by atoms with E-state index in [9.17, 15) is 9.18 Å². The number of hydrogen-bond donors (Lipinski definition) is 1. The van der Waals surface area contributed by atoms with Crippen LogP contribution in [0, 0.1) is 12.7 Å². The molecule has 1 aliphatic rings. The summed E-state index contributed by atoms with van der Waals surface area (Å²) in [6, 6.07) is 6.53. The third-order valence-corrected chi connectivity index (χ3v) is 5.52. The van der Waals surface area contributed by atoms with Gasteiger partial charge in [-0.2, -0.15) is 0 Å². The number of hydrogen-bond acceptors (Lipinski definition) is 3. The van der Waals surface area contributed by atoms with Gasteiger partial charge in [0.05, 0.1) is 12.6 Å². The molecule has 0 aliphatic heterocycles. The molecule has 1 fully saturated rings. The minimum Gasteiger partial charge on any atom is -0.329 e. The molecule has 0 unspecified atom stereocenters. The molecule has 24 heavy (non-hydrogen) atoms. The molecule has 3 rings (SSSR count). The van der Waals surface area contributed by atoms with Crippen molar-refractivity contribution in [2.24, 2.45) is 0 Å². The van der Waals surface area contributed by atoms with Gasteiger partial charge in [-0.15, -0.1) is 11.3 Å². The molecule has 0 saturated heterocycles. The average molecular weight is 347 g/mol. The van der Waals surface area contributed by atoms with Gasteiger partial charge >= 0.3 is 6.03 Å². The van der Waals surface area contributed by atoms with Gasteiger partial charge in [0.1, 0.15) is 10.8 Å². The second-order valence-electron chi connectivity index (χ2n) is 6.28. The van der Waals surface area contributed by atoms with Gasteiger partial charge < -0.3 is 10.2 Å². The molecule has 1 aliphatic carbocycles. The fourth-order valence-corrected chi connectivity index (χ4v) is 3.55. The van der Waals surface area contributed by atoms with Crippen LogP contribution in [0.4, 0.5) is 9.18 Å². The highest BCUT2D eigenvalue weighted by Gasteiger charge is 2.30. The molecule has 1 saturated carbocycles. The van der Waals surface area contributed by atoms with Crippen LogP contribution in [0.2, 0.25) is 0 Å². The third kappa shape index (κ3) is 3.75. The molecule has 1 N–H and O–H groups in total. The standard InChI is InChI=1S/C18H22FN3OS/c1-12-10-20-17(24-12)13(2)21-18(23)22(15-7-5-8-15)11-14-6-3-4-9-16(14)19/h3-4,6,9-10,13,15H,5,7-8,11H2,1-2H3,(H,21,23)/t13-/m1/s1. The lowest BCUT2D eigenvalue weighted by Gasteiger charge is -2.38. The summed E-state index contributed by atoms with van der Waals surface area (Å²) in [6.07, 6.45) is 4.89. The van der Waals surface area contributed by atoms with E-state index in [0.717, 1.165) is 29.1 Å². The van der Waals surface area contributed by atoms with Gasteiger partial charge in [0.25, 0.3) is 0 Å². The quantitative estimate of drug-likeness (QED) is 0.870. The average Bonchev–Trinajstić information content (AvgIpc) is 2.93. The minimum atomic E-state index is -0.266. The van der Waals surface area contributed by atoms with Crippen LogP contribution >= 0.6 is 11.3 Å². The van der Waals surface area contributed by atoms with E-state index in [0.29, 0.717) is 12.1 Å². The Balaban J connectivity index is 1.71. The van der Waals surface area contributed by atoms with Crippen molar-refractivity contribution in [3.05, 3.63) is 51.7 Å². The van der Waals surface area contributed by atoms with Crippen LogP contribution < -0.4 is 5.32 Å². The first-order valence-corrected chi connectivity index (χ1v) is 9.09. The molecule has 1 aromatic carbocycles. The molecule has 1 aromatic heterocycles. The number of rotatable bonds is 5. The number of thiazole rings is 1. The Hall–Kier alpha value is -1.95. The Morgan fingerprint density at radius 3 is 2.79 bits per heavy atom. The lowest BCUT2D eigenvalue weighted by atomic mass is 9.91. The van der Waals surface area contributed by atoms with E-state index >= 15 is 0 Å². The molecule has 128 valence electrons. The predicted octanol–water partition coefficient (Wildman–Crippen LogP) is 4.42. The molecule has 0 bridgehead atoms. The van der Waals surface area contributed by atoms with E-state index in [4.69, 9.17) is 0 Å². The number of nitrogens with one attached hydrogen (secondary N) is 1. The first kappa shape index (κ1) is 16.9. The summed E-state index contributed by atoms with van der Waals surface area (Å²) in [6.45, 7) is 4.22. The zero-order valence-corrected chi connectivity index (χ0v) is 14.8. The summed E-state index contributed by atoms with van der Waals surface area (Å²) >= 11 is 1.58. The zero-order chi connectivity index (χ0) is 17.1. The Morgan fingerprint density at radius 2 is 2.21 bits per heavy atom. The van der Waals surface area contributed by atoms with E-state index < -0.39 is 0 Å². The van der Waals surface area contributed by atoms with Crippen molar-refractivity contribution in [1.29, 1.82) is 0 Å². The van der Waals surface area contributed by atoms with Crippen LogP contribution in [0.3, 0.4) is 0 Å². The Bertz CT molecular complexity index is 714. The van der Waals surface area contributed by atoms with E-state index in [2.05, 4.69) is 10.3 Å². The number of benzene rings is 1. The number of urea groups is 1. The number of aromatic nitrogens is 1. The Morgan fingerprint density at radius 1 is 1.46 bits per heavy atom. The number of nitrogens with zero attached hydrogens (tertiary/aromatic N) is 2. The lowest BCUT2D eigenvalue weighted by Crippen LogP contribution is -2.49. The number of carbonyl (C=O) groups is 1. The second kappa shape index (κ2) is 7.30. The number of carbonyl (C=O) groups excluding carboxylic acids is 1. The van der Waals surface area contributed by atoms with Gasteiger partial charge in [-0.3, -0.25) is 0 Å². The number of aryl methyl sites for hydroxylation is 1. The predicted molar refractivity (Wildman–Crippen MR) is 93.4 cm³/mol. The molecule has 2 amide bonds. The van der Waals surface area contributed by atoms with Crippen LogP contribution in [0.25, 0.3) is 0 Å². The van der Waals surface area contributed by atoms with Crippen molar-refractivity contribution in [2.75, 3.05) is 0 Å². The first-order valence-electron chi connectivity index (χ1n) is 8.27. The van der Waals surface area contributed by atoms with Crippen molar-refractivity contribution >= 4 is 17.4 Å². The molecule has 2 aromatic rings. The third-order valence-electron chi connectivity index (χ3n) is 4.42. The van der Waals surface area contributed by atoms with Crippen molar-refractivity contribution in [3.8, 4) is 0 Å². The molecule has 0 spiro atoms. The summed E-state index contributed by atoms with van der Waals surface area (Å²) in [5.41, 5.74) is 0.553. The first-order chi connectivity index (χ1) is 11.5. The van der Waals surface area contributed by atoms with E-state index in [1.165, 1.54) is 6.07 Å². The maximum Gasteiger partial charge on any atom is 0.318 e. The topological polar surface area (TPSA) is 45.2 Å². The monoisotopic (exact) mass is 347 g/mol. The summed E-state index contributed by atoms with van der Waals surface area (Å²) < 4.78 is 14.0. The highest BCUT2D eigenvalue weighted by Crippen LogP contribution is 2.28. The Labute approximate surface area is 145 Å². The van der Waals surface area contributed by atoms with Gasteiger partial charge in [0.15, 0.2) is 0 Å². The van der Waals surface area contributed by atoms with Crippen molar-refractivity contribution < 1.29 is 9.18 Å². The number of halogens is 1. The summed E-state index contributed by atoms with van der Waals surface area (Å²) in [5.74, 6) is -0.266. The smallest absolute Gasteiger partial charge is 0.318 e. The molecular weight excluding hydrogens is 325 g/mol. The number of amides is 2. The van der Waals surface area contributed by atoms with Crippen LogP contribution in [-0.2, 0) is 6.54 Å². The van der Waals surface area contributed by atoms with Gasteiger partial charge in [-0.05, 0) is 39.2 Å². The van der Waals surface area contributed by atoms with Crippen LogP contribution in [-0.4, -0.2) is 22.0 Å². The summed E-state index contributed by atoms with van der Waals surface area (Å²) in [7, 11) is 0. The molecule has 0 radical (unpaired) electrons. The zero-order valence-electron chi connectivity index (χ0n) is 14.0. The summed E-state index contributed by atoms with van der Waals surface area (Å²) in [4.78, 5) is 20.0. The summed E-state index contributed by atoms with van der Waals surface area (Å²) in [5, 5.41) is 3.90. The lowest BCUT2D eigenvalue weighted by molar-refractivity contribution is 0.130. The largest absolute Gasteiger partial charge is 0.329 e. The van der Waals surface area contributed by atoms with Gasteiger partial charge in [0.2, 0.25) is 0 Å². The molecule has 4 nitrogen and oxygen atoms in total. The SMILES string of the molecule is Cc1cnc([C@@H](C)NC(=O)N(Cc2ccccc2F)C2CCC2)s1. The van der Waals surface area contributed by atoms with Crippen molar-refractivity contribution in [1.82, 2.24) is 15.2 Å². The van der Waals surface area contributed by atoms with E-state index in [-0.39, 0.29) is 23.9 Å². The minimum absolute atomic E-state index is 0.150. The molecular formula is C18H22FN3OS. The highest BCUT2D eigenvalue weighted by molar-refractivity contribution is 7.11. The Kier molecular flexibility index (Phi) is 5.14. The maximum atomic E-state index is 14.0. The van der Waals surface area contributed by atoms with Crippen LogP contribution in [0.5, 0.6) is 0 Å². The normalized spacial score (nSPS) is 15.6. The van der Waals surface area contributed by atoms with Gasteiger partial charge in [-0.1, -0.05) is 18.2 Å². The van der Waals surface area contributed by atoms with Crippen molar-refractivity contribution in [2.45, 2.75) is 51.7 Å². The van der Waals surface area contributed by atoms with Crippen LogP contribution in [0.15, 0.2) is 30.5 Å². The van der Waals surface area contributed by atoms with E-state index in [1.807, 2.05) is 20.0 Å². The second-order valence-corrected chi connectivity index (χ2v) is 7.55. The maximum absolute atomic E-state index is 14.0. The van der Waals surface area contributed by atoms with Gasteiger partial charge in [-0.25, -0.2) is 14.2 Å².